The van der Waals surface area contributed by atoms with Gasteiger partial charge in [0, 0.05) is 38.3 Å². The Hall–Kier alpha value is -2.42. The Morgan fingerprint density at radius 2 is 1.73 bits per heavy atom. The van der Waals surface area contributed by atoms with Crippen LogP contribution in [-0.2, 0) is 10.0 Å². The minimum atomic E-state index is -3.81. The predicted molar refractivity (Wildman–Crippen MR) is 117 cm³/mol. The van der Waals surface area contributed by atoms with Gasteiger partial charge in [-0.25, -0.2) is 13.1 Å². The van der Waals surface area contributed by atoms with Crippen molar-refractivity contribution in [1.82, 2.24) is 14.5 Å². The molecule has 7 nitrogen and oxygen atoms in total. The van der Waals surface area contributed by atoms with Crippen molar-refractivity contribution >= 4 is 22.0 Å². The lowest BCUT2D eigenvalue weighted by atomic mass is 10.1. The molecule has 1 aromatic heterocycles. The number of carbonyl (C=O) groups is 1. The molecular weight excluding hydrogens is 402 g/mol. The van der Waals surface area contributed by atoms with Gasteiger partial charge in [-0.1, -0.05) is 42.5 Å². The second-order valence-electron chi connectivity index (χ2n) is 8.38. The van der Waals surface area contributed by atoms with E-state index in [1.807, 2.05) is 18.2 Å². The molecule has 0 aliphatic carbocycles. The van der Waals surface area contributed by atoms with Crippen LogP contribution in [0.4, 0.5) is 0 Å². The van der Waals surface area contributed by atoms with E-state index in [4.69, 9.17) is 4.42 Å². The van der Waals surface area contributed by atoms with Crippen molar-refractivity contribution in [2.45, 2.75) is 31.4 Å². The van der Waals surface area contributed by atoms with Crippen molar-refractivity contribution in [3.63, 3.8) is 0 Å². The van der Waals surface area contributed by atoms with E-state index < -0.39 is 15.6 Å². The van der Waals surface area contributed by atoms with E-state index in [1.54, 1.807) is 25.7 Å². The topological polar surface area (TPSA) is 82.9 Å². The van der Waals surface area contributed by atoms with E-state index in [2.05, 4.69) is 33.9 Å². The molecule has 0 atom stereocenters. The van der Waals surface area contributed by atoms with E-state index in [1.165, 1.54) is 12.1 Å². The molecular formula is C22H29N3O4S. The molecule has 0 saturated carbocycles. The molecule has 0 radical (unpaired) electrons. The average Bonchev–Trinajstić information content (AvgIpc) is 3.18. The number of nitrogens with one attached hydrogen (secondary N) is 1. The first-order valence-electron chi connectivity index (χ1n) is 10.0. The smallest absolute Gasteiger partial charge is 0.289 e. The largest absolute Gasteiger partial charge is 0.438 e. The fraction of sp³-hybridized carbons (Fsp3) is 0.409. The van der Waals surface area contributed by atoms with E-state index in [0.29, 0.717) is 13.1 Å². The quantitative estimate of drug-likeness (QED) is 0.761. The summed E-state index contributed by atoms with van der Waals surface area (Å²) in [5.74, 6) is -0.242. The summed E-state index contributed by atoms with van der Waals surface area (Å²) in [6, 6.07) is 12.9. The van der Waals surface area contributed by atoms with Gasteiger partial charge in [-0.2, -0.15) is 0 Å². The van der Waals surface area contributed by atoms with Crippen molar-refractivity contribution in [3.05, 3.63) is 59.9 Å². The predicted octanol–water partition coefficient (Wildman–Crippen LogP) is 2.83. The SMILES string of the molecule is CC(C)(C)NS(=O)(=O)c1ccc(C(=O)N2CCN(C/C=C/c3ccccc3)CC2)o1. The summed E-state index contributed by atoms with van der Waals surface area (Å²) in [5, 5.41) is -0.245. The fourth-order valence-electron chi connectivity index (χ4n) is 3.22. The molecule has 3 rings (SSSR count). The molecule has 1 aromatic carbocycles. The van der Waals surface area contributed by atoms with E-state index in [-0.39, 0.29) is 16.8 Å². The summed E-state index contributed by atoms with van der Waals surface area (Å²) < 4.78 is 32.6. The van der Waals surface area contributed by atoms with Crippen LogP contribution in [-0.4, -0.2) is 62.4 Å². The highest BCUT2D eigenvalue weighted by molar-refractivity contribution is 7.89. The molecule has 0 bridgehead atoms. The van der Waals surface area contributed by atoms with E-state index in [9.17, 15) is 13.2 Å². The van der Waals surface area contributed by atoms with Crippen molar-refractivity contribution in [2.24, 2.45) is 0 Å². The third-order valence-electron chi connectivity index (χ3n) is 4.63. The number of furan rings is 1. The van der Waals surface area contributed by atoms with Crippen LogP contribution in [0, 0.1) is 0 Å². The average molecular weight is 432 g/mol. The summed E-state index contributed by atoms with van der Waals surface area (Å²) in [4.78, 5) is 16.7. The van der Waals surface area contributed by atoms with Gasteiger partial charge in [0.2, 0.25) is 5.09 Å². The molecule has 30 heavy (non-hydrogen) atoms. The van der Waals surface area contributed by atoms with Crippen LogP contribution < -0.4 is 4.72 Å². The third kappa shape index (κ3) is 6.04. The Bertz CT molecular complexity index is 983. The van der Waals surface area contributed by atoms with Crippen molar-refractivity contribution in [3.8, 4) is 0 Å². The highest BCUT2D eigenvalue weighted by Crippen LogP contribution is 2.18. The van der Waals surface area contributed by atoms with Gasteiger partial charge in [-0.3, -0.25) is 9.69 Å². The van der Waals surface area contributed by atoms with Gasteiger partial charge in [0.1, 0.15) is 0 Å². The highest BCUT2D eigenvalue weighted by atomic mass is 32.2. The standard InChI is InChI=1S/C22H29N3O4S/c1-22(2,3)23-30(27,28)20-12-11-19(29-20)21(26)25-16-14-24(15-17-25)13-7-10-18-8-5-4-6-9-18/h4-12,23H,13-17H2,1-3H3/b10-7+. The van der Waals surface area contributed by atoms with Crippen molar-refractivity contribution in [1.29, 1.82) is 0 Å². The minimum absolute atomic E-state index is 0.0432. The Labute approximate surface area is 178 Å². The lowest BCUT2D eigenvalue weighted by Gasteiger charge is -2.33. The number of sulfonamides is 1. The molecule has 8 heteroatoms. The fourth-order valence-corrected chi connectivity index (χ4v) is 4.58. The Morgan fingerprint density at radius 3 is 2.37 bits per heavy atom. The van der Waals surface area contributed by atoms with Gasteiger partial charge >= 0.3 is 0 Å². The number of hydrogen-bond donors (Lipinski definition) is 1. The maximum Gasteiger partial charge on any atom is 0.289 e. The number of carbonyl (C=O) groups excluding carboxylic acids is 1. The van der Waals surface area contributed by atoms with Gasteiger partial charge < -0.3 is 9.32 Å². The summed E-state index contributed by atoms with van der Waals surface area (Å²) in [7, 11) is -3.81. The minimum Gasteiger partial charge on any atom is -0.438 e. The van der Waals surface area contributed by atoms with Crippen LogP contribution in [0.25, 0.3) is 6.08 Å². The summed E-state index contributed by atoms with van der Waals surface area (Å²) in [6.07, 6.45) is 4.21. The van der Waals surface area contributed by atoms with Crippen LogP contribution >= 0.6 is 0 Å². The molecule has 1 saturated heterocycles. The number of rotatable bonds is 6. The van der Waals surface area contributed by atoms with Crippen LogP contribution in [0.1, 0.15) is 36.9 Å². The molecule has 2 aromatic rings. The van der Waals surface area contributed by atoms with Gasteiger partial charge in [-0.05, 0) is 38.5 Å². The maximum absolute atomic E-state index is 12.7. The van der Waals surface area contributed by atoms with Gasteiger partial charge in [0.25, 0.3) is 15.9 Å². The monoisotopic (exact) mass is 431 g/mol. The highest BCUT2D eigenvalue weighted by Gasteiger charge is 2.28. The zero-order valence-corrected chi connectivity index (χ0v) is 18.5. The third-order valence-corrected chi connectivity index (χ3v) is 6.26. The number of benzene rings is 1. The second kappa shape index (κ2) is 9.16. The summed E-state index contributed by atoms with van der Waals surface area (Å²) >= 11 is 0. The van der Waals surface area contributed by atoms with Gasteiger partial charge in [0.05, 0.1) is 0 Å². The molecule has 1 aliphatic heterocycles. The van der Waals surface area contributed by atoms with Crippen molar-refractivity contribution < 1.29 is 17.6 Å². The number of amides is 1. The normalized spacial score (nSPS) is 16.3. The second-order valence-corrected chi connectivity index (χ2v) is 9.99. The number of hydrogen-bond acceptors (Lipinski definition) is 5. The molecule has 1 aliphatic rings. The molecule has 1 N–H and O–H groups in total. The summed E-state index contributed by atoms with van der Waals surface area (Å²) in [5.41, 5.74) is 0.525. The molecule has 1 amide bonds. The molecule has 0 spiro atoms. The number of nitrogens with zero attached hydrogens (tertiary/aromatic N) is 2. The van der Waals surface area contributed by atoms with Crippen LogP contribution in [0.2, 0.25) is 0 Å². The first-order chi connectivity index (χ1) is 14.1. The van der Waals surface area contributed by atoms with Crippen LogP contribution in [0.5, 0.6) is 0 Å². The lowest BCUT2D eigenvalue weighted by molar-refractivity contribution is 0.0613. The number of piperazine rings is 1. The van der Waals surface area contributed by atoms with E-state index >= 15 is 0 Å². The van der Waals surface area contributed by atoms with E-state index in [0.717, 1.165) is 25.2 Å². The zero-order valence-electron chi connectivity index (χ0n) is 17.7. The Kier molecular flexibility index (Phi) is 6.80. The maximum atomic E-state index is 12.7. The van der Waals surface area contributed by atoms with Crippen LogP contribution in [0.15, 0.2) is 58.1 Å². The Morgan fingerprint density at radius 1 is 1.07 bits per heavy atom. The lowest BCUT2D eigenvalue weighted by Crippen LogP contribution is -2.48. The van der Waals surface area contributed by atoms with Crippen molar-refractivity contribution in [2.75, 3.05) is 32.7 Å². The molecule has 0 unspecified atom stereocenters. The summed E-state index contributed by atoms with van der Waals surface area (Å²) in [6.45, 7) is 8.70. The van der Waals surface area contributed by atoms with Crippen LogP contribution in [0.3, 0.4) is 0 Å². The first-order valence-corrected chi connectivity index (χ1v) is 11.5. The molecule has 2 heterocycles. The van der Waals surface area contributed by atoms with Gasteiger partial charge in [0.15, 0.2) is 5.76 Å². The molecule has 162 valence electrons. The first kappa shape index (κ1) is 22.3. The van der Waals surface area contributed by atoms with Gasteiger partial charge in [-0.15, -0.1) is 0 Å². The molecule has 1 fully saturated rings. The zero-order chi connectivity index (χ0) is 21.8. The Balaban J connectivity index is 1.53.